The number of aromatic nitrogens is 1. The van der Waals surface area contributed by atoms with Crippen LogP contribution in [0.3, 0.4) is 0 Å². The van der Waals surface area contributed by atoms with E-state index in [4.69, 9.17) is 0 Å². The number of pyridine rings is 1. The SMILES string of the molecule is c1cnc2c(c1)SCC2. The van der Waals surface area contributed by atoms with E-state index in [1.54, 1.807) is 0 Å². The highest BCUT2D eigenvalue weighted by molar-refractivity contribution is 7.99. The first kappa shape index (κ1) is 5.30. The fourth-order valence-corrected chi connectivity index (χ4v) is 2.01. The van der Waals surface area contributed by atoms with Crippen molar-refractivity contribution in [3.05, 3.63) is 24.0 Å². The standard InChI is InChI=1S/C7H7NS/c1-2-7-6(8-4-1)3-5-9-7/h1-2,4H,3,5H2. The first-order valence-electron chi connectivity index (χ1n) is 3.03. The molecule has 1 aromatic rings. The van der Waals surface area contributed by atoms with Gasteiger partial charge < -0.3 is 0 Å². The Morgan fingerprint density at radius 3 is 3.44 bits per heavy atom. The number of fused-ring (bicyclic) bond motifs is 1. The maximum Gasteiger partial charge on any atom is 0.0547 e. The zero-order valence-electron chi connectivity index (χ0n) is 5.00. The van der Waals surface area contributed by atoms with E-state index < -0.39 is 0 Å². The zero-order chi connectivity index (χ0) is 6.10. The predicted octanol–water partition coefficient (Wildman–Crippen LogP) is 1.73. The van der Waals surface area contributed by atoms with Crippen molar-refractivity contribution in [2.45, 2.75) is 11.3 Å². The predicted molar refractivity (Wildman–Crippen MR) is 38.7 cm³/mol. The van der Waals surface area contributed by atoms with Crippen LogP contribution in [0.1, 0.15) is 5.69 Å². The summed E-state index contributed by atoms with van der Waals surface area (Å²) in [7, 11) is 0. The first-order chi connectivity index (χ1) is 4.47. The molecule has 2 rings (SSSR count). The number of thioether (sulfide) groups is 1. The Labute approximate surface area is 58.5 Å². The Morgan fingerprint density at radius 2 is 2.56 bits per heavy atom. The lowest BCUT2D eigenvalue weighted by Gasteiger charge is -1.91. The maximum atomic E-state index is 4.24. The highest BCUT2D eigenvalue weighted by Gasteiger charge is 2.09. The Hall–Kier alpha value is -0.500. The van der Waals surface area contributed by atoms with Crippen LogP contribution in [0.15, 0.2) is 23.2 Å². The summed E-state index contributed by atoms with van der Waals surface area (Å²) in [5.74, 6) is 1.21. The third-order valence-electron chi connectivity index (χ3n) is 1.44. The van der Waals surface area contributed by atoms with Crippen molar-refractivity contribution in [1.82, 2.24) is 4.98 Å². The van der Waals surface area contributed by atoms with Crippen molar-refractivity contribution in [3.63, 3.8) is 0 Å². The van der Waals surface area contributed by atoms with Gasteiger partial charge in [0.25, 0.3) is 0 Å². The second-order valence-corrected chi connectivity index (χ2v) is 3.18. The van der Waals surface area contributed by atoms with Gasteiger partial charge in [0, 0.05) is 23.3 Å². The van der Waals surface area contributed by atoms with Gasteiger partial charge in [0.1, 0.15) is 0 Å². The number of aryl methyl sites for hydroxylation is 1. The van der Waals surface area contributed by atoms with E-state index in [2.05, 4.69) is 11.1 Å². The highest BCUT2D eigenvalue weighted by atomic mass is 32.2. The minimum atomic E-state index is 1.15. The molecular weight excluding hydrogens is 130 g/mol. The lowest BCUT2D eigenvalue weighted by atomic mass is 10.3. The van der Waals surface area contributed by atoms with Crippen LogP contribution >= 0.6 is 11.8 Å². The van der Waals surface area contributed by atoms with Crippen molar-refractivity contribution < 1.29 is 0 Å². The summed E-state index contributed by atoms with van der Waals surface area (Å²) in [5, 5.41) is 0. The van der Waals surface area contributed by atoms with Crippen molar-refractivity contribution in [2.24, 2.45) is 0 Å². The van der Waals surface area contributed by atoms with E-state index in [0.717, 1.165) is 6.42 Å². The van der Waals surface area contributed by atoms with Crippen molar-refractivity contribution >= 4 is 11.8 Å². The average molecular weight is 137 g/mol. The number of hydrogen-bond donors (Lipinski definition) is 0. The van der Waals surface area contributed by atoms with E-state index in [1.807, 2.05) is 24.0 Å². The van der Waals surface area contributed by atoms with E-state index in [-0.39, 0.29) is 0 Å². The number of hydrogen-bond acceptors (Lipinski definition) is 2. The second-order valence-electron chi connectivity index (χ2n) is 2.05. The second kappa shape index (κ2) is 2.03. The summed E-state index contributed by atoms with van der Waals surface area (Å²) >= 11 is 1.91. The van der Waals surface area contributed by atoms with Crippen LogP contribution in [-0.4, -0.2) is 10.7 Å². The van der Waals surface area contributed by atoms with Gasteiger partial charge >= 0.3 is 0 Å². The van der Waals surface area contributed by atoms with Gasteiger partial charge in [-0.3, -0.25) is 4.98 Å². The van der Waals surface area contributed by atoms with Gasteiger partial charge in [-0.2, -0.15) is 0 Å². The number of nitrogens with zero attached hydrogens (tertiary/aromatic N) is 1. The Balaban J connectivity index is 2.54. The Morgan fingerprint density at radius 1 is 1.56 bits per heavy atom. The quantitative estimate of drug-likeness (QED) is 0.540. The molecule has 1 aliphatic rings. The molecular formula is C7H7NS. The van der Waals surface area contributed by atoms with Crippen LogP contribution in [0, 0.1) is 0 Å². The van der Waals surface area contributed by atoms with Crippen LogP contribution in [0.4, 0.5) is 0 Å². The molecule has 1 aromatic heterocycles. The van der Waals surface area contributed by atoms with E-state index in [1.165, 1.54) is 16.3 Å². The van der Waals surface area contributed by atoms with Crippen molar-refractivity contribution in [3.8, 4) is 0 Å². The van der Waals surface area contributed by atoms with Crippen molar-refractivity contribution in [2.75, 3.05) is 5.75 Å². The Kier molecular flexibility index (Phi) is 1.19. The summed E-state index contributed by atoms with van der Waals surface area (Å²) in [6.07, 6.45) is 3.02. The van der Waals surface area contributed by atoms with Crippen LogP contribution in [0.2, 0.25) is 0 Å². The third-order valence-corrected chi connectivity index (χ3v) is 2.54. The molecule has 0 bridgehead atoms. The largest absolute Gasteiger partial charge is 0.260 e. The molecule has 2 heteroatoms. The minimum Gasteiger partial charge on any atom is -0.260 e. The van der Waals surface area contributed by atoms with E-state index >= 15 is 0 Å². The smallest absolute Gasteiger partial charge is 0.0547 e. The third kappa shape index (κ3) is 0.833. The van der Waals surface area contributed by atoms with Crippen LogP contribution < -0.4 is 0 Å². The molecule has 0 atom stereocenters. The zero-order valence-corrected chi connectivity index (χ0v) is 5.82. The number of rotatable bonds is 0. The molecule has 0 N–H and O–H groups in total. The molecule has 46 valence electrons. The van der Waals surface area contributed by atoms with Crippen LogP contribution in [-0.2, 0) is 6.42 Å². The lowest BCUT2D eigenvalue weighted by molar-refractivity contribution is 1.03. The molecule has 0 aromatic carbocycles. The topological polar surface area (TPSA) is 12.9 Å². The molecule has 0 amide bonds. The fraction of sp³-hybridized carbons (Fsp3) is 0.286. The summed E-state index contributed by atoms with van der Waals surface area (Å²) in [4.78, 5) is 5.61. The molecule has 1 nitrogen and oxygen atoms in total. The van der Waals surface area contributed by atoms with Gasteiger partial charge in [0.2, 0.25) is 0 Å². The average Bonchev–Trinajstić information content (AvgIpc) is 2.33. The van der Waals surface area contributed by atoms with Crippen LogP contribution in [0.25, 0.3) is 0 Å². The van der Waals surface area contributed by atoms with Gasteiger partial charge in [-0.1, -0.05) is 0 Å². The van der Waals surface area contributed by atoms with Gasteiger partial charge in [0.15, 0.2) is 0 Å². The van der Waals surface area contributed by atoms with Gasteiger partial charge in [-0.05, 0) is 12.1 Å². The molecule has 0 radical (unpaired) electrons. The fourth-order valence-electron chi connectivity index (χ4n) is 1.00. The van der Waals surface area contributed by atoms with Crippen LogP contribution in [0.5, 0.6) is 0 Å². The normalized spacial score (nSPS) is 15.6. The van der Waals surface area contributed by atoms with Gasteiger partial charge in [-0.25, -0.2) is 0 Å². The lowest BCUT2D eigenvalue weighted by Crippen LogP contribution is -1.83. The Bertz CT molecular complexity index is 199. The van der Waals surface area contributed by atoms with E-state index in [9.17, 15) is 0 Å². The molecule has 2 heterocycles. The first-order valence-corrected chi connectivity index (χ1v) is 4.02. The molecule has 9 heavy (non-hydrogen) atoms. The summed E-state index contributed by atoms with van der Waals surface area (Å²) in [6, 6.07) is 4.14. The molecule has 0 fully saturated rings. The minimum absolute atomic E-state index is 1.15. The molecule has 0 saturated carbocycles. The van der Waals surface area contributed by atoms with Gasteiger partial charge in [0.05, 0.1) is 5.69 Å². The molecule has 0 spiro atoms. The summed E-state index contributed by atoms with van der Waals surface area (Å²) < 4.78 is 0. The molecule has 0 aliphatic carbocycles. The maximum absolute atomic E-state index is 4.24. The summed E-state index contributed by atoms with van der Waals surface area (Å²) in [5.41, 5.74) is 1.28. The molecule has 0 unspecified atom stereocenters. The monoisotopic (exact) mass is 137 g/mol. The van der Waals surface area contributed by atoms with E-state index in [0.29, 0.717) is 0 Å². The van der Waals surface area contributed by atoms with Gasteiger partial charge in [-0.15, -0.1) is 11.8 Å². The molecule has 1 aliphatic heterocycles. The summed E-state index contributed by atoms with van der Waals surface area (Å²) in [6.45, 7) is 0. The molecule has 0 saturated heterocycles. The van der Waals surface area contributed by atoms with Crippen molar-refractivity contribution in [1.29, 1.82) is 0 Å². The highest BCUT2D eigenvalue weighted by Crippen LogP contribution is 2.28.